The number of hydrogen-bond acceptors (Lipinski definition) is 3. The number of hydrogen-bond donors (Lipinski definition) is 2. The molecule has 0 fully saturated rings. The van der Waals surface area contributed by atoms with Crippen molar-refractivity contribution in [3.8, 4) is 5.75 Å². The third-order valence-electron chi connectivity index (χ3n) is 1.85. The lowest BCUT2D eigenvalue weighted by Crippen LogP contribution is -2.09. The third-order valence-corrected chi connectivity index (χ3v) is 2.34. The Kier molecular flexibility index (Phi) is 1.96. The van der Waals surface area contributed by atoms with Crippen molar-refractivity contribution in [3.05, 3.63) is 28.4 Å². The van der Waals surface area contributed by atoms with Crippen molar-refractivity contribution in [2.75, 3.05) is 0 Å². The molecular weight excluding hydrogens is 250 g/mol. The zero-order valence-electron chi connectivity index (χ0n) is 6.95. The van der Waals surface area contributed by atoms with Crippen LogP contribution in [0.15, 0.2) is 27.1 Å². The highest BCUT2D eigenvalue weighted by Gasteiger charge is 2.17. The van der Waals surface area contributed by atoms with Gasteiger partial charge >= 0.3 is 0 Å². The van der Waals surface area contributed by atoms with Crippen LogP contribution in [0.5, 0.6) is 5.75 Å². The Morgan fingerprint density at radius 2 is 2.21 bits per heavy atom. The molecule has 14 heavy (non-hydrogen) atoms. The number of aromatic hydroxyl groups is 1. The molecule has 1 aromatic heterocycles. The van der Waals surface area contributed by atoms with Gasteiger partial charge in [0.1, 0.15) is 5.58 Å². The maximum atomic E-state index is 10.8. The van der Waals surface area contributed by atoms with Crippen molar-refractivity contribution in [1.29, 1.82) is 0 Å². The van der Waals surface area contributed by atoms with E-state index < -0.39 is 5.91 Å². The maximum absolute atomic E-state index is 10.8. The molecule has 2 aromatic rings. The first-order valence-electron chi connectivity index (χ1n) is 3.80. The lowest BCUT2D eigenvalue weighted by molar-refractivity contribution is 0.0972. The van der Waals surface area contributed by atoms with Crippen molar-refractivity contribution >= 4 is 32.8 Å². The third kappa shape index (κ3) is 1.26. The standard InChI is InChI=1S/C9H6BrNO3/c10-4-1-2-6-5(3-4)7(12)8(14-6)9(11)13/h1-3,12H,(H2,11,13). The lowest BCUT2D eigenvalue weighted by Gasteiger charge is -1.89. The van der Waals surface area contributed by atoms with Gasteiger partial charge in [0.25, 0.3) is 5.91 Å². The van der Waals surface area contributed by atoms with Gasteiger partial charge in [-0.05, 0) is 18.2 Å². The summed E-state index contributed by atoms with van der Waals surface area (Å²) in [4.78, 5) is 10.8. The summed E-state index contributed by atoms with van der Waals surface area (Å²) in [6, 6.07) is 5.04. The molecule has 2 rings (SSSR count). The minimum atomic E-state index is -0.783. The van der Waals surface area contributed by atoms with Crippen LogP contribution in [0.1, 0.15) is 10.6 Å². The van der Waals surface area contributed by atoms with E-state index in [0.717, 1.165) is 4.47 Å². The van der Waals surface area contributed by atoms with Gasteiger partial charge in [0, 0.05) is 4.47 Å². The molecule has 0 spiro atoms. The van der Waals surface area contributed by atoms with Gasteiger partial charge in [0.15, 0.2) is 5.75 Å². The Balaban J connectivity index is 2.80. The number of halogens is 1. The molecule has 0 aliphatic heterocycles. The smallest absolute Gasteiger partial charge is 0.288 e. The molecule has 1 heterocycles. The predicted molar refractivity (Wildman–Crippen MR) is 54.1 cm³/mol. The summed E-state index contributed by atoms with van der Waals surface area (Å²) in [6.07, 6.45) is 0. The molecule has 72 valence electrons. The van der Waals surface area contributed by atoms with Gasteiger partial charge in [-0.2, -0.15) is 0 Å². The van der Waals surface area contributed by atoms with E-state index in [0.29, 0.717) is 11.0 Å². The van der Waals surface area contributed by atoms with Gasteiger partial charge in [-0.3, -0.25) is 4.79 Å². The van der Waals surface area contributed by atoms with Gasteiger partial charge in [0.2, 0.25) is 5.76 Å². The summed E-state index contributed by atoms with van der Waals surface area (Å²) in [7, 11) is 0. The molecule has 3 N–H and O–H groups in total. The van der Waals surface area contributed by atoms with Gasteiger partial charge < -0.3 is 15.3 Å². The van der Waals surface area contributed by atoms with Crippen LogP contribution in [0, 0.1) is 0 Å². The minimum Gasteiger partial charge on any atom is -0.504 e. The van der Waals surface area contributed by atoms with Crippen LogP contribution in [0.25, 0.3) is 11.0 Å². The van der Waals surface area contributed by atoms with E-state index in [1.54, 1.807) is 18.2 Å². The van der Waals surface area contributed by atoms with E-state index in [9.17, 15) is 9.90 Å². The summed E-state index contributed by atoms with van der Waals surface area (Å²) in [5, 5.41) is 10.0. The second-order valence-electron chi connectivity index (χ2n) is 2.78. The zero-order valence-corrected chi connectivity index (χ0v) is 8.54. The average Bonchev–Trinajstić information content (AvgIpc) is 2.44. The minimum absolute atomic E-state index is 0.210. The van der Waals surface area contributed by atoms with Crippen LogP contribution in [-0.2, 0) is 0 Å². The number of carbonyl (C=O) groups is 1. The molecule has 1 amide bonds. The van der Waals surface area contributed by atoms with Crippen LogP contribution < -0.4 is 5.73 Å². The first-order valence-corrected chi connectivity index (χ1v) is 4.59. The zero-order chi connectivity index (χ0) is 10.3. The van der Waals surface area contributed by atoms with Crippen molar-refractivity contribution in [2.45, 2.75) is 0 Å². The Bertz CT molecular complexity index is 518. The Morgan fingerprint density at radius 3 is 2.86 bits per heavy atom. The van der Waals surface area contributed by atoms with Crippen LogP contribution >= 0.6 is 15.9 Å². The van der Waals surface area contributed by atoms with E-state index in [1.165, 1.54) is 0 Å². The number of amides is 1. The predicted octanol–water partition coefficient (Wildman–Crippen LogP) is 2.00. The lowest BCUT2D eigenvalue weighted by atomic mass is 10.2. The fourth-order valence-corrected chi connectivity index (χ4v) is 1.58. The number of benzene rings is 1. The molecule has 0 bridgehead atoms. The van der Waals surface area contributed by atoms with Crippen molar-refractivity contribution < 1.29 is 14.3 Å². The van der Waals surface area contributed by atoms with E-state index in [-0.39, 0.29) is 11.5 Å². The second-order valence-corrected chi connectivity index (χ2v) is 3.70. The molecule has 0 aliphatic carbocycles. The van der Waals surface area contributed by atoms with Crippen LogP contribution in [-0.4, -0.2) is 11.0 Å². The summed E-state index contributed by atoms with van der Waals surface area (Å²) in [5.74, 6) is -1.21. The molecule has 4 nitrogen and oxygen atoms in total. The van der Waals surface area contributed by atoms with Gasteiger partial charge in [-0.25, -0.2) is 0 Å². The van der Waals surface area contributed by atoms with E-state index in [2.05, 4.69) is 15.9 Å². The highest BCUT2D eigenvalue weighted by molar-refractivity contribution is 9.10. The summed E-state index contributed by atoms with van der Waals surface area (Å²) >= 11 is 3.24. The highest BCUT2D eigenvalue weighted by atomic mass is 79.9. The summed E-state index contributed by atoms with van der Waals surface area (Å²) in [5.41, 5.74) is 5.44. The Hall–Kier alpha value is -1.49. The van der Waals surface area contributed by atoms with Crippen molar-refractivity contribution in [2.24, 2.45) is 5.73 Å². The van der Waals surface area contributed by atoms with Gasteiger partial charge in [0.05, 0.1) is 5.39 Å². The molecule has 0 radical (unpaired) electrons. The van der Waals surface area contributed by atoms with Crippen molar-refractivity contribution in [3.63, 3.8) is 0 Å². The maximum Gasteiger partial charge on any atom is 0.288 e. The highest BCUT2D eigenvalue weighted by Crippen LogP contribution is 2.33. The van der Waals surface area contributed by atoms with Crippen molar-refractivity contribution in [1.82, 2.24) is 0 Å². The number of rotatable bonds is 1. The molecule has 0 aliphatic rings. The van der Waals surface area contributed by atoms with Gasteiger partial charge in [-0.1, -0.05) is 15.9 Å². The number of fused-ring (bicyclic) bond motifs is 1. The van der Waals surface area contributed by atoms with E-state index >= 15 is 0 Å². The quantitative estimate of drug-likeness (QED) is 0.819. The molecule has 1 aromatic carbocycles. The number of nitrogens with two attached hydrogens (primary N) is 1. The number of primary amides is 1. The molecule has 0 unspecified atom stereocenters. The second kappa shape index (κ2) is 3.02. The van der Waals surface area contributed by atoms with Crippen LogP contribution in [0.4, 0.5) is 0 Å². The molecule has 0 saturated carbocycles. The molecule has 0 atom stereocenters. The average molecular weight is 256 g/mol. The molecule has 5 heteroatoms. The SMILES string of the molecule is NC(=O)c1oc2ccc(Br)cc2c1O. The van der Waals surface area contributed by atoms with Crippen LogP contribution in [0.2, 0.25) is 0 Å². The van der Waals surface area contributed by atoms with E-state index in [1.807, 2.05) is 0 Å². The van der Waals surface area contributed by atoms with E-state index in [4.69, 9.17) is 10.2 Å². The number of furan rings is 1. The Labute approximate surface area is 87.4 Å². The topological polar surface area (TPSA) is 76.5 Å². The largest absolute Gasteiger partial charge is 0.504 e. The molecular formula is C9H6BrNO3. The summed E-state index contributed by atoms with van der Waals surface area (Å²) < 4.78 is 5.86. The van der Waals surface area contributed by atoms with Gasteiger partial charge in [-0.15, -0.1) is 0 Å². The molecule has 0 saturated heterocycles. The normalized spacial score (nSPS) is 10.6. The van der Waals surface area contributed by atoms with Crippen LogP contribution in [0.3, 0.4) is 0 Å². The first-order chi connectivity index (χ1) is 6.59. The summed E-state index contributed by atoms with van der Waals surface area (Å²) in [6.45, 7) is 0. The monoisotopic (exact) mass is 255 g/mol. The number of carbonyl (C=O) groups excluding carboxylic acids is 1. The first kappa shape index (κ1) is 9.08. The fraction of sp³-hybridized carbons (Fsp3) is 0. The Morgan fingerprint density at radius 1 is 1.50 bits per heavy atom. The fourth-order valence-electron chi connectivity index (χ4n) is 1.22.